The molecule has 0 aliphatic carbocycles. The number of anilines is 1. The Bertz CT molecular complexity index is 707. The van der Waals surface area contributed by atoms with Gasteiger partial charge in [-0.3, -0.25) is 9.48 Å². The second kappa shape index (κ2) is 7.27. The Morgan fingerprint density at radius 2 is 1.78 bits per heavy atom. The van der Waals surface area contributed by atoms with Gasteiger partial charge in [-0.2, -0.15) is 5.10 Å². The molecule has 0 atom stereocenters. The molecule has 4 heteroatoms. The van der Waals surface area contributed by atoms with Gasteiger partial charge in [0.05, 0.1) is 11.3 Å². The van der Waals surface area contributed by atoms with Crippen LogP contribution in [0.1, 0.15) is 41.2 Å². The van der Waals surface area contributed by atoms with E-state index < -0.39 is 0 Å². The third-order valence-corrected chi connectivity index (χ3v) is 4.20. The van der Waals surface area contributed by atoms with E-state index in [4.69, 9.17) is 0 Å². The number of hydrogen-bond acceptors (Lipinski definition) is 3. The molecule has 0 saturated carbocycles. The van der Waals surface area contributed by atoms with Crippen LogP contribution < -0.4 is 4.90 Å². The number of rotatable bonds is 6. The molecule has 1 heterocycles. The zero-order valence-corrected chi connectivity index (χ0v) is 14.6. The van der Waals surface area contributed by atoms with Gasteiger partial charge in [-0.15, -0.1) is 0 Å². The van der Waals surface area contributed by atoms with Crippen molar-refractivity contribution in [2.24, 2.45) is 7.05 Å². The molecule has 0 saturated heterocycles. The quantitative estimate of drug-likeness (QED) is 0.602. The van der Waals surface area contributed by atoms with Crippen molar-refractivity contribution in [3.8, 4) is 0 Å². The van der Waals surface area contributed by atoms with Crippen molar-refractivity contribution in [3.63, 3.8) is 0 Å². The van der Waals surface area contributed by atoms with Crippen LogP contribution in [-0.2, 0) is 7.05 Å². The molecule has 0 N–H and O–H groups in total. The summed E-state index contributed by atoms with van der Waals surface area (Å²) < 4.78 is 1.75. The first-order chi connectivity index (χ1) is 11.0. The van der Waals surface area contributed by atoms with Crippen LogP contribution in [0.4, 0.5) is 5.69 Å². The van der Waals surface area contributed by atoms with Gasteiger partial charge in [0.25, 0.3) is 0 Å². The minimum Gasteiger partial charge on any atom is -0.372 e. The minimum absolute atomic E-state index is 0.000851. The van der Waals surface area contributed by atoms with E-state index in [0.29, 0.717) is 5.56 Å². The highest BCUT2D eigenvalue weighted by atomic mass is 16.1. The number of benzene rings is 1. The van der Waals surface area contributed by atoms with Crippen LogP contribution in [-0.4, -0.2) is 28.7 Å². The molecule has 1 aromatic carbocycles. The molecule has 0 spiro atoms. The van der Waals surface area contributed by atoms with E-state index in [9.17, 15) is 4.79 Å². The second-order valence-corrected chi connectivity index (χ2v) is 5.63. The first-order valence-corrected chi connectivity index (χ1v) is 8.05. The molecule has 0 aliphatic heterocycles. The number of hydrogen-bond donors (Lipinski definition) is 0. The van der Waals surface area contributed by atoms with Gasteiger partial charge >= 0.3 is 0 Å². The van der Waals surface area contributed by atoms with Gasteiger partial charge in [0.2, 0.25) is 0 Å². The number of aromatic nitrogens is 2. The van der Waals surface area contributed by atoms with E-state index in [2.05, 4.69) is 36.0 Å². The summed E-state index contributed by atoms with van der Waals surface area (Å²) in [5.41, 5.74) is 4.60. The standard InChI is InChI=1S/C19H25N3O/c1-6-22(7-2)17-11-8-16(9-12-17)10-13-18(23)19-14(3)20-21(5)15(19)4/h8-13H,6-7H2,1-5H3/b13-10+. The first-order valence-electron chi connectivity index (χ1n) is 8.05. The lowest BCUT2D eigenvalue weighted by molar-refractivity contribution is 0.104. The van der Waals surface area contributed by atoms with Gasteiger partial charge in [0.15, 0.2) is 5.78 Å². The summed E-state index contributed by atoms with van der Waals surface area (Å²) in [6, 6.07) is 8.27. The lowest BCUT2D eigenvalue weighted by Crippen LogP contribution is -2.21. The Hall–Kier alpha value is -2.36. The van der Waals surface area contributed by atoms with E-state index in [1.165, 1.54) is 5.69 Å². The summed E-state index contributed by atoms with van der Waals surface area (Å²) in [6.07, 6.45) is 3.49. The molecule has 23 heavy (non-hydrogen) atoms. The summed E-state index contributed by atoms with van der Waals surface area (Å²) >= 11 is 0. The van der Waals surface area contributed by atoms with Crippen molar-refractivity contribution >= 4 is 17.5 Å². The molecule has 0 unspecified atom stereocenters. The highest BCUT2D eigenvalue weighted by molar-refractivity contribution is 6.08. The maximum absolute atomic E-state index is 12.4. The predicted octanol–water partition coefficient (Wildman–Crippen LogP) is 3.78. The second-order valence-electron chi connectivity index (χ2n) is 5.63. The summed E-state index contributed by atoms with van der Waals surface area (Å²) in [5.74, 6) is 0.000851. The van der Waals surface area contributed by atoms with Gasteiger partial charge < -0.3 is 4.90 Å². The van der Waals surface area contributed by atoms with Crippen LogP contribution in [0.5, 0.6) is 0 Å². The van der Waals surface area contributed by atoms with Gasteiger partial charge in [-0.1, -0.05) is 18.2 Å². The maximum atomic E-state index is 12.4. The minimum atomic E-state index is 0.000851. The van der Waals surface area contributed by atoms with Crippen molar-refractivity contribution in [1.82, 2.24) is 9.78 Å². The van der Waals surface area contributed by atoms with Crippen molar-refractivity contribution in [2.45, 2.75) is 27.7 Å². The molecule has 4 nitrogen and oxygen atoms in total. The first kappa shape index (κ1) is 17.0. The van der Waals surface area contributed by atoms with E-state index >= 15 is 0 Å². The van der Waals surface area contributed by atoms with Crippen LogP contribution in [0.3, 0.4) is 0 Å². The normalized spacial score (nSPS) is 11.2. The van der Waals surface area contributed by atoms with E-state index in [1.807, 2.05) is 39.1 Å². The molecule has 0 amide bonds. The van der Waals surface area contributed by atoms with Crippen molar-refractivity contribution in [1.29, 1.82) is 0 Å². The summed E-state index contributed by atoms with van der Waals surface area (Å²) in [4.78, 5) is 14.7. The molecule has 0 bridgehead atoms. The Labute approximate surface area is 138 Å². The van der Waals surface area contributed by atoms with Gasteiger partial charge in [-0.25, -0.2) is 0 Å². The van der Waals surface area contributed by atoms with Gasteiger partial charge in [-0.05, 0) is 51.5 Å². The highest BCUT2D eigenvalue weighted by Crippen LogP contribution is 2.17. The van der Waals surface area contributed by atoms with E-state index in [-0.39, 0.29) is 5.78 Å². The van der Waals surface area contributed by atoms with Crippen LogP contribution in [0, 0.1) is 13.8 Å². The third kappa shape index (κ3) is 3.70. The summed E-state index contributed by atoms with van der Waals surface area (Å²) in [5, 5.41) is 4.29. The van der Waals surface area contributed by atoms with Gasteiger partial charge in [0, 0.05) is 31.5 Å². The fraction of sp³-hybridized carbons (Fsp3) is 0.368. The summed E-state index contributed by atoms with van der Waals surface area (Å²) in [6.45, 7) is 10.1. The molecule has 122 valence electrons. The van der Waals surface area contributed by atoms with E-state index in [1.54, 1.807) is 10.8 Å². The zero-order chi connectivity index (χ0) is 17.0. The van der Waals surface area contributed by atoms with Gasteiger partial charge in [0.1, 0.15) is 0 Å². The molecule has 0 fully saturated rings. The fourth-order valence-electron chi connectivity index (χ4n) is 2.77. The lowest BCUT2D eigenvalue weighted by atomic mass is 10.1. The highest BCUT2D eigenvalue weighted by Gasteiger charge is 2.14. The Morgan fingerprint density at radius 1 is 1.17 bits per heavy atom. The topological polar surface area (TPSA) is 38.1 Å². The average Bonchev–Trinajstić information content (AvgIpc) is 2.80. The molecular formula is C19H25N3O. The maximum Gasteiger partial charge on any atom is 0.189 e. The largest absolute Gasteiger partial charge is 0.372 e. The number of allylic oxidation sites excluding steroid dienone is 1. The van der Waals surface area contributed by atoms with Crippen LogP contribution in [0.2, 0.25) is 0 Å². The predicted molar refractivity (Wildman–Crippen MR) is 96.0 cm³/mol. The van der Waals surface area contributed by atoms with E-state index in [0.717, 1.165) is 30.0 Å². The monoisotopic (exact) mass is 311 g/mol. The molecular weight excluding hydrogens is 286 g/mol. The molecule has 0 radical (unpaired) electrons. The van der Waals surface area contributed by atoms with Crippen LogP contribution >= 0.6 is 0 Å². The van der Waals surface area contributed by atoms with Crippen molar-refractivity contribution in [3.05, 3.63) is 52.9 Å². The smallest absolute Gasteiger partial charge is 0.189 e. The zero-order valence-electron chi connectivity index (χ0n) is 14.6. The summed E-state index contributed by atoms with van der Waals surface area (Å²) in [7, 11) is 1.86. The van der Waals surface area contributed by atoms with Crippen LogP contribution in [0.25, 0.3) is 6.08 Å². The van der Waals surface area contributed by atoms with Crippen molar-refractivity contribution in [2.75, 3.05) is 18.0 Å². The lowest BCUT2D eigenvalue weighted by Gasteiger charge is -2.20. The Kier molecular flexibility index (Phi) is 5.37. The number of carbonyl (C=O) groups excluding carboxylic acids is 1. The molecule has 2 rings (SSSR count). The number of ketones is 1. The number of aryl methyl sites for hydroxylation is 2. The molecule has 0 aliphatic rings. The van der Waals surface area contributed by atoms with Crippen LogP contribution in [0.15, 0.2) is 30.3 Å². The fourth-order valence-corrected chi connectivity index (χ4v) is 2.77. The number of nitrogens with zero attached hydrogens (tertiary/aromatic N) is 3. The molecule has 2 aromatic rings. The Morgan fingerprint density at radius 3 is 2.26 bits per heavy atom. The third-order valence-electron chi connectivity index (χ3n) is 4.20. The average molecular weight is 311 g/mol. The SMILES string of the molecule is CCN(CC)c1ccc(/C=C/C(=O)c2c(C)nn(C)c2C)cc1. The number of carbonyl (C=O) groups is 1. The van der Waals surface area contributed by atoms with Crippen molar-refractivity contribution < 1.29 is 4.79 Å². The molecule has 1 aromatic heterocycles. The Balaban J connectivity index is 2.15.